The summed E-state index contributed by atoms with van der Waals surface area (Å²) < 4.78 is 19.1. The van der Waals surface area contributed by atoms with Crippen molar-refractivity contribution in [1.82, 2.24) is 4.98 Å². The molecule has 0 bridgehead atoms. The fourth-order valence-electron chi connectivity index (χ4n) is 2.09. The second-order valence-electron chi connectivity index (χ2n) is 6.05. The van der Waals surface area contributed by atoms with Gasteiger partial charge in [0.15, 0.2) is 0 Å². The average molecular weight is 293 g/mol. The smallest absolute Gasteiger partial charge is 0.414 e. The lowest BCUT2D eigenvalue weighted by atomic mass is 10.1. The number of hydrogen-bond donors (Lipinski definition) is 2. The Morgan fingerprint density at radius 2 is 2.00 bits per heavy atom. The highest BCUT2D eigenvalue weighted by molar-refractivity contribution is 6.02. The Morgan fingerprint density at radius 1 is 1.38 bits per heavy atom. The number of nitrogens with two attached hydrogens (primary N) is 1. The second-order valence-corrected chi connectivity index (χ2v) is 6.05. The van der Waals surface area contributed by atoms with Crippen LogP contribution in [0.5, 0.6) is 0 Å². The first-order chi connectivity index (χ1) is 9.60. The maximum absolute atomic E-state index is 13.8. The minimum atomic E-state index is -0.623. The van der Waals surface area contributed by atoms with Gasteiger partial charge in [-0.15, -0.1) is 0 Å². The van der Waals surface area contributed by atoms with Gasteiger partial charge in [-0.3, -0.25) is 4.90 Å². The van der Waals surface area contributed by atoms with Crippen LogP contribution in [0.1, 0.15) is 26.3 Å². The number of aromatic amines is 1. The van der Waals surface area contributed by atoms with E-state index in [2.05, 4.69) is 4.98 Å². The van der Waals surface area contributed by atoms with Gasteiger partial charge in [-0.25, -0.2) is 9.18 Å². The van der Waals surface area contributed by atoms with Crippen molar-refractivity contribution in [3.8, 4) is 0 Å². The Kier molecular flexibility index (Phi) is 3.57. The molecule has 0 atom stereocenters. The van der Waals surface area contributed by atoms with E-state index in [4.69, 9.17) is 10.5 Å². The van der Waals surface area contributed by atoms with Crippen molar-refractivity contribution in [3.05, 3.63) is 23.5 Å². The molecule has 0 saturated carbocycles. The predicted octanol–water partition coefficient (Wildman–Crippen LogP) is 3.57. The Morgan fingerprint density at radius 3 is 2.57 bits per heavy atom. The number of fused-ring (bicyclic) bond motifs is 1. The largest absolute Gasteiger partial charge is 0.443 e. The van der Waals surface area contributed by atoms with Crippen LogP contribution < -0.4 is 10.6 Å². The molecular weight excluding hydrogens is 273 g/mol. The quantitative estimate of drug-likeness (QED) is 0.844. The zero-order valence-corrected chi connectivity index (χ0v) is 12.9. The van der Waals surface area contributed by atoms with E-state index >= 15 is 0 Å². The van der Waals surface area contributed by atoms with Crippen molar-refractivity contribution in [2.45, 2.75) is 33.3 Å². The third-order valence-corrected chi connectivity index (χ3v) is 3.18. The number of halogens is 1. The van der Waals surface area contributed by atoms with Gasteiger partial charge in [0.05, 0.1) is 11.2 Å². The van der Waals surface area contributed by atoms with Crippen molar-refractivity contribution >= 4 is 28.5 Å². The van der Waals surface area contributed by atoms with E-state index in [0.29, 0.717) is 22.4 Å². The van der Waals surface area contributed by atoms with Gasteiger partial charge < -0.3 is 15.5 Å². The van der Waals surface area contributed by atoms with Crippen LogP contribution in [0, 0.1) is 12.7 Å². The number of nitrogen functional groups attached to an aromatic ring is 1. The summed E-state index contributed by atoms with van der Waals surface area (Å²) in [5.41, 5.74) is 6.97. The average Bonchev–Trinajstić information content (AvgIpc) is 2.62. The first kappa shape index (κ1) is 15.2. The zero-order valence-electron chi connectivity index (χ0n) is 12.9. The minimum absolute atomic E-state index is 0.388. The summed E-state index contributed by atoms with van der Waals surface area (Å²) in [5.74, 6) is 0.0180. The van der Waals surface area contributed by atoms with E-state index in [1.54, 1.807) is 27.7 Å². The summed E-state index contributed by atoms with van der Waals surface area (Å²) in [6.45, 7) is 7.12. The molecule has 0 aliphatic heterocycles. The second kappa shape index (κ2) is 4.95. The highest BCUT2D eigenvalue weighted by atomic mass is 19.1. The Bertz CT molecular complexity index is 701. The van der Waals surface area contributed by atoms with E-state index in [-0.39, 0.29) is 0 Å². The molecule has 0 unspecified atom stereocenters. The molecular formula is C15H20FN3O2. The van der Waals surface area contributed by atoms with Crippen molar-refractivity contribution in [2.24, 2.45) is 0 Å². The molecule has 0 aliphatic carbocycles. The summed E-state index contributed by atoms with van der Waals surface area (Å²) in [7, 11) is 1.54. The van der Waals surface area contributed by atoms with E-state index in [1.807, 2.05) is 0 Å². The van der Waals surface area contributed by atoms with Gasteiger partial charge in [-0.2, -0.15) is 0 Å². The molecule has 2 aromatic rings. The maximum Gasteiger partial charge on any atom is 0.414 e. The van der Waals surface area contributed by atoms with Crippen LogP contribution in [0.25, 0.3) is 10.9 Å². The summed E-state index contributed by atoms with van der Waals surface area (Å²) in [5, 5.41) is 0.651. The number of carbonyl (C=O) groups is 1. The Hall–Kier alpha value is -2.24. The monoisotopic (exact) mass is 293 g/mol. The number of rotatable bonds is 1. The Balaban J connectivity index is 2.51. The van der Waals surface area contributed by atoms with Gasteiger partial charge in [-0.1, -0.05) is 0 Å². The van der Waals surface area contributed by atoms with Crippen LogP contribution in [0.2, 0.25) is 0 Å². The van der Waals surface area contributed by atoms with Gasteiger partial charge in [0.1, 0.15) is 17.2 Å². The van der Waals surface area contributed by atoms with Crippen LogP contribution in [0.4, 0.5) is 20.7 Å². The van der Waals surface area contributed by atoms with Crippen molar-refractivity contribution in [2.75, 3.05) is 17.7 Å². The summed E-state index contributed by atoms with van der Waals surface area (Å²) in [6, 6.07) is 2.67. The number of aromatic nitrogens is 1. The predicted molar refractivity (Wildman–Crippen MR) is 82.0 cm³/mol. The molecule has 0 fully saturated rings. The van der Waals surface area contributed by atoms with E-state index in [1.165, 1.54) is 24.1 Å². The number of hydrogen-bond acceptors (Lipinski definition) is 3. The number of nitrogens with one attached hydrogen (secondary N) is 1. The minimum Gasteiger partial charge on any atom is -0.443 e. The number of aryl methyl sites for hydroxylation is 1. The maximum atomic E-state index is 13.8. The fraction of sp³-hybridized carbons (Fsp3) is 0.400. The molecule has 1 amide bonds. The first-order valence-electron chi connectivity index (χ1n) is 6.64. The van der Waals surface area contributed by atoms with Gasteiger partial charge in [0.25, 0.3) is 0 Å². The lowest BCUT2D eigenvalue weighted by Crippen LogP contribution is -2.34. The molecule has 0 spiro atoms. The number of benzene rings is 1. The molecule has 0 aliphatic rings. The standard InChI is InChI=1S/C15H20FN3O2/c1-8-10-6-9(16)7-11(12(10)18-13(8)17)19(5)14(20)21-15(2,3)4/h6-7,18H,17H2,1-5H3. The van der Waals surface area contributed by atoms with Crippen LogP contribution in [-0.2, 0) is 4.74 Å². The molecule has 2 rings (SSSR count). The third-order valence-electron chi connectivity index (χ3n) is 3.18. The summed E-state index contributed by atoms with van der Waals surface area (Å²) in [4.78, 5) is 16.4. The number of anilines is 2. The van der Waals surface area contributed by atoms with E-state index in [0.717, 1.165) is 5.56 Å². The lowest BCUT2D eigenvalue weighted by Gasteiger charge is -2.25. The van der Waals surface area contributed by atoms with Crippen molar-refractivity contribution < 1.29 is 13.9 Å². The third kappa shape index (κ3) is 2.94. The summed E-state index contributed by atoms with van der Waals surface area (Å²) in [6.07, 6.45) is -0.555. The number of H-pyrrole nitrogens is 1. The molecule has 21 heavy (non-hydrogen) atoms. The van der Waals surface area contributed by atoms with Gasteiger partial charge >= 0.3 is 6.09 Å². The zero-order chi connectivity index (χ0) is 15.9. The van der Waals surface area contributed by atoms with Gasteiger partial charge in [0.2, 0.25) is 0 Å². The molecule has 114 valence electrons. The molecule has 1 heterocycles. The van der Waals surface area contributed by atoms with Gasteiger partial charge in [-0.05, 0) is 45.4 Å². The fourth-order valence-corrected chi connectivity index (χ4v) is 2.09. The number of carbonyl (C=O) groups excluding carboxylic acids is 1. The molecule has 6 heteroatoms. The van der Waals surface area contributed by atoms with E-state index < -0.39 is 17.5 Å². The normalized spacial score (nSPS) is 11.7. The number of amides is 1. The highest BCUT2D eigenvalue weighted by Gasteiger charge is 2.23. The first-order valence-corrected chi connectivity index (χ1v) is 6.64. The topological polar surface area (TPSA) is 71.4 Å². The number of nitrogens with zero attached hydrogens (tertiary/aromatic N) is 1. The molecule has 0 radical (unpaired) electrons. The molecule has 0 saturated heterocycles. The van der Waals surface area contributed by atoms with Crippen LogP contribution in [-0.4, -0.2) is 23.7 Å². The van der Waals surface area contributed by atoms with Crippen molar-refractivity contribution in [1.29, 1.82) is 0 Å². The molecule has 1 aromatic carbocycles. The summed E-state index contributed by atoms with van der Waals surface area (Å²) >= 11 is 0. The van der Waals surface area contributed by atoms with Crippen LogP contribution >= 0.6 is 0 Å². The number of ether oxygens (including phenoxy) is 1. The molecule has 1 aromatic heterocycles. The highest BCUT2D eigenvalue weighted by Crippen LogP contribution is 2.32. The molecule has 3 N–H and O–H groups in total. The van der Waals surface area contributed by atoms with Crippen molar-refractivity contribution in [3.63, 3.8) is 0 Å². The Labute approximate surface area is 122 Å². The van der Waals surface area contributed by atoms with Crippen LogP contribution in [0.15, 0.2) is 12.1 Å². The van der Waals surface area contributed by atoms with Gasteiger partial charge in [0, 0.05) is 12.4 Å². The SMILES string of the molecule is Cc1c(N)[nH]c2c(N(C)C(=O)OC(C)(C)C)cc(F)cc12. The van der Waals surface area contributed by atoms with Crippen LogP contribution in [0.3, 0.4) is 0 Å². The molecule has 5 nitrogen and oxygen atoms in total. The van der Waals surface area contributed by atoms with E-state index in [9.17, 15) is 9.18 Å². The lowest BCUT2D eigenvalue weighted by molar-refractivity contribution is 0.0589.